The van der Waals surface area contributed by atoms with Crippen molar-refractivity contribution in [3.63, 3.8) is 0 Å². The van der Waals surface area contributed by atoms with Crippen molar-refractivity contribution in [2.75, 3.05) is 32.5 Å². The molecule has 112 valence electrons. The van der Waals surface area contributed by atoms with Crippen LogP contribution in [0.4, 0.5) is 5.69 Å². The van der Waals surface area contributed by atoms with Crippen LogP contribution in [0.1, 0.15) is 5.56 Å². The van der Waals surface area contributed by atoms with E-state index in [2.05, 4.69) is 26.6 Å². The number of hydrogen-bond acceptors (Lipinski definition) is 3. The van der Waals surface area contributed by atoms with Gasteiger partial charge >= 0.3 is 0 Å². The van der Waals surface area contributed by atoms with E-state index < -0.39 is 0 Å². The maximum atomic E-state index is 11.8. The smallest absolute Gasteiger partial charge is 0.243 e. The van der Waals surface area contributed by atoms with Gasteiger partial charge in [0.15, 0.2) is 0 Å². The Bertz CT molecular complexity index is 483. The van der Waals surface area contributed by atoms with Gasteiger partial charge in [-0.05, 0) is 37.7 Å². The van der Waals surface area contributed by atoms with Gasteiger partial charge in [-0.15, -0.1) is 12.4 Å². The molecule has 5 nitrogen and oxygen atoms in total. The van der Waals surface area contributed by atoms with Gasteiger partial charge in [0.25, 0.3) is 0 Å². The summed E-state index contributed by atoms with van der Waals surface area (Å²) >= 11 is 3.37. The van der Waals surface area contributed by atoms with Crippen molar-refractivity contribution in [2.45, 2.75) is 6.92 Å². The van der Waals surface area contributed by atoms with Crippen molar-refractivity contribution in [1.29, 1.82) is 0 Å². The number of nitrogens with zero attached hydrogens (tertiary/aromatic N) is 1. The lowest BCUT2D eigenvalue weighted by atomic mass is 10.2. The Morgan fingerprint density at radius 1 is 1.35 bits per heavy atom. The number of hydrogen-bond donors (Lipinski definition) is 2. The minimum atomic E-state index is -0.211. The molecule has 0 aliphatic rings. The number of benzene rings is 1. The number of amides is 2. The van der Waals surface area contributed by atoms with E-state index in [-0.39, 0.29) is 37.3 Å². The predicted octanol–water partition coefficient (Wildman–Crippen LogP) is 1.80. The Labute approximate surface area is 133 Å². The molecule has 1 rings (SSSR count). The highest BCUT2D eigenvalue weighted by molar-refractivity contribution is 9.10. The molecule has 1 aromatic carbocycles. The molecule has 0 aliphatic carbocycles. The second kappa shape index (κ2) is 8.94. The lowest BCUT2D eigenvalue weighted by Gasteiger charge is -2.17. The summed E-state index contributed by atoms with van der Waals surface area (Å²) in [5.74, 6) is -0.331. The highest BCUT2D eigenvalue weighted by Crippen LogP contribution is 2.19. The van der Waals surface area contributed by atoms with Crippen molar-refractivity contribution >= 4 is 45.8 Å². The van der Waals surface area contributed by atoms with Gasteiger partial charge in [0.2, 0.25) is 11.8 Å². The molecule has 0 bridgehead atoms. The summed E-state index contributed by atoms with van der Waals surface area (Å²) in [5, 5.41) is 5.55. The topological polar surface area (TPSA) is 61.4 Å². The quantitative estimate of drug-likeness (QED) is 0.837. The van der Waals surface area contributed by atoms with Crippen LogP contribution in [-0.2, 0) is 9.59 Å². The largest absolute Gasteiger partial charge is 0.335 e. The highest BCUT2D eigenvalue weighted by Gasteiger charge is 2.12. The fourth-order valence-corrected chi connectivity index (χ4v) is 2.02. The van der Waals surface area contributed by atoms with Crippen molar-refractivity contribution < 1.29 is 9.59 Å². The average molecular weight is 365 g/mol. The third-order valence-electron chi connectivity index (χ3n) is 2.60. The van der Waals surface area contributed by atoms with Gasteiger partial charge in [0.1, 0.15) is 0 Å². The van der Waals surface area contributed by atoms with Crippen LogP contribution in [0.5, 0.6) is 0 Å². The molecule has 0 atom stereocenters. The van der Waals surface area contributed by atoms with E-state index >= 15 is 0 Å². The molecule has 0 radical (unpaired) electrons. The molecule has 0 aromatic heterocycles. The monoisotopic (exact) mass is 363 g/mol. The van der Waals surface area contributed by atoms with Crippen molar-refractivity contribution in [2.24, 2.45) is 0 Å². The summed E-state index contributed by atoms with van der Waals surface area (Å²) in [6, 6.07) is 5.61. The van der Waals surface area contributed by atoms with Crippen LogP contribution in [0.25, 0.3) is 0 Å². The molecule has 0 saturated heterocycles. The first-order chi connectivity index (χ1) is 8.93. The number of nitrogens with one attached hydrogen (secondary N) is 2. The molecule has 0 unspecified atom stereocenters. The first kappa shape index (κ1) is 18.9. The fourth-order valence-electron chi connectivity index (χ4n) is 1.55. The van der Waals surface area contributed by atoms with Gasteiger partial charge in [-0.1, -0.05) is 15.9 Å². The molecule has 0 fully saturated rings. The zero-order valence-corrected chi connectivity index (χ0v) is 14.1. The van der Waals surface area contributed by atoms with Crippen molar-refractivity contribution in [3.05, 3.63) is 28.2 Å². The number of likely N-dealkylation sites (N-methyl/N-ethyl adjacent to an activating group) is 2. The summed E-state index contributed by atoms with van der Waals surface area (Å²) in [6.07, 6.45) is 0. The van der Waals surface area contributed by atoms with Gasteiger partial charge in [-0.25, -0.2) is 0 Å². The molecular formula is C13H19BrClN3O2. The SMILES string of the molecule is CNCC(=O)N(C)CC(=O)Nc1ccc(Br)cc1C.Cl. The van der Waals surface area contributed by atoms with Gasteiger partial charge < -0.3 is 15.5 Å². The van der Waals surface area contributed by atoms with Gasteiger partial charge in [-0.3, -0.25) is 9.59 Å². The number of carbonyl (C=O) groups is 2. The summed E-state index contributed by atoms with van der Waals surface area (Å²) in [5.41, 5.74) is 1.72. The lowest BCUT2D eigenvalue weighted by molar-refractivity contribution is -0.132. The Morgan fingerprint density at radius 3 is 2.55 bits per heavy atom. The second-order valence-electron chi connectivity index (χ2n) is 4.29. The third kappa shape index (κ3) is 5.90. The number of carbonyl (C=O) groups excluding carboxylic acids is 2. The Balaban J connectivity index is 0.00000361. The van der Waals surface area contributed by atoms with Crippen LogP contribution in [0, 0.1) is 6.92 Å². The number of halogens is 2. The first-order valence-electron chi connectivity index (χ1n) is 5.88. The maximum Gasteiger partial charge on any atom is 0.243 e. The van der Waals surface area contributed by atoms with E-state index in [9.17, 15) is 9.59 Å². The van der Waals surface area contributed by atoms with Crippen LogP contribution in [0.15, 0.2) is 22.7 Å². The van der Waals surface area contributed by atoms with Crippen LogP contribution < -0.4 is 10.6 Å². The van der Waals surface area contributed by atoms with E-state index in [0.717, 1.165) is 15.7 Å². The minimum Gasteiger partial charge on any atom is -0.335 e. The van der Waals surface area contributed by atoms with Gasteiger partial charge in [0, 0.05) is 17.2 Å². The normalized spacial score (nSPS) is 9.60. The molecule has 0 saturated carbocycles. The molecule has 0 aliphatic heterocycles. The highest BCUT2D eigenvalue weighted by atomic mass is 79.9. The van der Waals surface area contributed by atoms with Crippen LogP contribution >= 0.6 is 28.3 Å². The third-order valence-corrected chi connectivity index (χ3v) is 3.09. The molecule has 2 amide bonds. The molecule has 0 heterocycles. The van der Waals surface area contributed by atoms with E-state index in [4.69, 9.17) is 0 Å². The van der Waals surface area contributed by atoms with Crippen molar-refractivity contribution in [3.8, 4) is 0 Å². The Morgan fingerprint density at radius 2 is 2.00 bits per heavy atom. The zero-order valence-electron chi connectivity index (χ0n) is 11.7. The average Bonchev–Trinajstić information content (AvgIpc) is 2.33. The van der Waals surface area contributed by atoms with E-state index in [1.54, 1.807) is 14.1 Å². The molecule has 20 heavy (non-hydrogen) atoms. The number of aryl methyl sites for hydroxylation is 1. The van der Waals surface area contributed by atoms with Crippen LogP contribution in [0.2, 0.25) is 0 Å². The fraction of sp³-hybridized carbons (Fsp3) is 0.385. The summed E-state index contributed by atoms with van der Waals surface area (Å²) in [4.78, 5) is 24.7. The van der Waals surface area contributed by atoms with E-state index in [1.165, 1.54) is 4.90 Å². The standard InChI is InChI=1S/C13H18BrN3O2.ClH/c1-9-6-10(14)4-5-11(9)16-12(18)8-17(3)13(19)7-15-2;/h4-6,15H,7-8H2,1-3H3,(H,16,18);1H. The zero-order chi connectivity index (χ0) is 14.4. The predicted molar refractivity (Wildman–Crippen MR) is 86.3 cm³/mol. The maximum absolute atomic E-state index is 11.8. The van der Waals surface area contributed by atoms with E-state index in [1.807, 2.05) is 25.1 Å². The van der Waals surface area contributed by atoms with E-state index in [0.29, 0.717) is 0 Å². The van der Waals surface area contributed by atoms with Gasteiger partial charge in [0.05, 0.1) is 13.1 Å². The Hall–Kier alpha value is -1.11. The second-order valence-corrected chi connectivity index (χ2v) is 5.20. The van der Waals surface area contributed by atoms with Gasteiger partial charge in [-0.2, -0.15) is 0 Å². The van der Waals surface area contributed by atoms with Crippen LogP contribution in [0.3, 0.4) is 0 Å². The molecular weight excluding hydrogens is 346 g/mol. The first-order valence-corrected chi connectivity index (χ1v) is 6.68. The summed E-state index contributed by atoms with van der Waals surface area (Å²) < 4.78 is 0.962. The summed E-state index contributed by atoms with van der Waals surface area (Å²) in [6.45, 7) is 2.17. The molecule has 2 N–H and O–H groups in total. The Kier molecular flexibility index (Phi) is 8.45. The van der Waals surface area contributed by atoms with Crippen molar-refractivity contribution in [1.82, 2.24) is 10.2 Å². The van der Waals surface area contributed by atoms with Crippen LogP contribution in [-0.4, -0.2) is 43.9 Å². The molecule has 0 spiro atoms. The lowest BCUT2D eigenvalue weighted by Crippen LogP contribution is -2.39. The number of anilines is 1. The molecule has 7 heteroatoms. The molecule has 1 aromatic rings. The number of rotatable bonds is 5. The summed E-state index contributed by atoms with van der Waals surface area (Å²) in [7, 11) is 3.30. The minimum absolute atomic E-state index is 0.